The molecule has 1 rings (SSSR count). The molecule has 15 heavy (non-hydrogen) atoms. The van der Waals surface area contributed by atoms with Crippen molar-refractivity contribution >= 4 is 11.7 Å². The Hall–Kier alpha value is -1.52. The molecule has 0 saturated carbocycles. The predicted molar refractivity (Wildman–Crippen MR) is 59.5 cm³/mol. The van der Waals surface area contributed by atoms with Gasteiger partial charge in [0.2, 0.25) is 0 Å². The lowest BCUT2D eigenvalue weighted by Crippen LogP contribution is -2.42. The van der Waals surface area contributed by atoms with E-state index in [2.05, 4.69) is 10.4 Å². The molecule has 1 aromatic rings. The number of nitrogen functional groups attached to an aromatic ring is 1. The summed E-state index contributed by atoms with van der Waals surface area (Å²) >= 11 is 0. The zero-order chi connectivity index (χ0) is 11.6. The second-order valence-electron chi connectivity index (χ2n) is 4.26. The van der Waals surface area contributed by atoms with Crippen LogP contribution in [-0.2, 0) is 7.05 Å². The van der Waals surface area contributed by atoms with Crippen molar-refractivity contribution in [2.75, 3.05) is 5.73 Å². The van der Waals surface area contributed by atoms with Crippen molar-refractivity contribution < 1.29 is 4.79 Å². The van der Waals surface area contributed by atoms with Gasteiger partial charge in [-0.1, -0.05) is 6.92 Å². The Balaban J connectivity index is 2.83. The maximum absolute atomic E-state index is 11.8. The van der Waals surface area contributed by atoms with Crippen molar-refractivity contribution in [1.82, 2.24) is 15.1 Å². The van der Waals surface area contributed by atoms with Crippen LogP contribution < -0.4 is 11.1 Å². The lowest BCUT2D eigenvalue weighted by molar-refractivity contribution is 0.0912. The van der Waals surface area contributed by atoms with E-state index >= 15 is 0 Å². The number of aromatic nitrogens is 2. The highest BCUT2D eigenvalue weighted by atomic mass is 16.1. The Kier molecular flexibility index (Phi) is 3.02. The summed E-state index contributed by atoms with van der Waals surface area (Å²) in [7, 11) is 1.71. The molecule has 0 unspecified atom stereocenters. The Morgan fingerprint density at radius 1 is 1.67 bits per heavy atom. The molecule has 1 aromatic heterocycles. The molecule has 0 atom stereocenters. The molecule has 1 heterocycles. The summed E-state index contributed by atoms with van der Waals surface area (Å²) in [6, 6.07) is 0. The molecule has 5 heteroatoms. The smallest absolute Gasteiger partial charge is 0.257 e. The first kappa shape index (κ1) is 11.6. The minimum Gasteiger partial charge on any atom is -0.383 e. The number of hydrogen-bond acceptors (Lipinski definition) is 3. The Morgan fingerprint density at radius 3 is 2.67 bits per heavy atom. The van der Waals surface area contributed by atoms with Crippen LogP contribution in [0.1, 0.15) is 37.6 Å². The van der Waals surface area contributed by atoms with Gasteiger partial charge in [0.1, 0.15) is 11.4 Å². The van der Waals surface area contributed by atoms with Crippen molar-refractivity contribution in [3.05, 3.63) is 11.8 Å². The standard InChI is InChI=1S/C10H18N4O/c1-5-10(2,3)13-9(15)7-6-12-14(4)8(7)11/h6H,5,11H2,1-4H3,(H,13,15). The first-order valence-electron chi connectivity index (χ1n) is 4.97. The average Bonchev–Trinajstić information content (AvgIpc) is 2.47. The zero-order valence-corrected chi connectivity index (χ0v) is 9.66. The molecule has 0 aliphatic heterocycles. The number of aryl methyl sites for hydroxylation is 1. The summed E-state index contributed by atoms with van der Waals surface area (Å²) in [6.45, 7) is 5.96. The van der Waals surface area contributed by atoms with Gasteiger partial charge in [0, 0.05) is 12.6 Å². The number of amides is 1. The first-order valence-corrected chi connectivity index (χ1v) is 4.97. The van der Waals surface area contributed by atoms with Crippen molar-refractivity contribution in [1.29, 1.82) is 0 Å². The van der Waals surface area contributed by atoms with Gasteiger partial charge in [-0.25, -0.2) is 0 Å². The van der Waals surface area contributed by atoms with Gasteiger partial charge >= 0.3 is 0 Å². The summed E-state index contributed by atoms with van der Waals surface area (Å²) < 4.78 is 1.48. The van der Waals surface area contributed by atoms with Gasteiger partial charge in [0.05, 0.1) is 6.20 Å². The van der Waals surface area contributed by atoms with Crippen LogP contribution in [0, 0.1) is 0 Å². The third-order valence-electron chi connectivity index (χ3n) is 2.57. The monoisotopic (exact) mass is 210 g/mol. The molecule has 0 saturated heterocycles. The van der Waals surface area contributed by atoms with Gasteiger partial charge in [-0.2, -0.15) is 5.10 Å². The summed E-state index contributed by atoms with van der Waals surface area (Å²) in [4.78, 5) is 11.8. The summed E-state index contributed by atoms with van der Waals surface area (Å²) in [5, 5.41) is 6.83. The zero-order valence-electron chi connectivity index (χ0n) is 9.66. The lowest BCUT2D eigenvalue weighted by Gasteiger charge is -2.24. The van der Waals surface area contributed by atoms with Crippen LogP contribution in [0.15, 0.2) is 6.20 Å². The molecule has 0 aliphatic carbocycles. The molecule has 0 fully saturated rings. The predicted octanol–water partition coefficient (Wildman–Crippen LogP) is 0.921. The summed E-state index contributed by atoms with van der Waals surface area (Å²) in [5.74, 6) is 0.215. The highest BCUT2D eigenvalue weighted by Crippen LogP contribution is 2.13. The van der Waals surface area contributed by atoms with Crippen LogP contribution in [0.25, 0.3) is 0 Å². The van der Waals surface area contributed by atoms with Gasteiger partial charge in [0.25, 0.3) is 5.91 Å². The Morgan fingerprint density at radius 2 is 2.27 bits per heavy atom. The normalized spacial score (nSPS) is 11.5. The summed E-state index contributed by atoms with van der Waals surface area (Å²) in [6.07, 6.45) is 2.34. The van der Waals surface area contributed by atoms with Gasteiger partial charge < -0.3 is 11.1 Å². The quantitative estimate of drug-likeness (QED) is 0.779. The molecular weight excluding hydrogens is 192 g/mol. The number of nitrogens with zero attached hydrogens (tertiary/aromatic N) is 2. The number of nitrogens with one attached hydrogen (secondary N) is 1. The van der Waals surface area contributed by atoms with Crippen molar-refractivity contribution in [3.8, 4) is 0 Å². The van der Waals surface area contributed by atoms with E-state index in [4.69, 9.17) is 5.73 Å². The third-order valence-corrected chi connectivity index (χ3v) is 2.57. The highest BCUT2D eigenvalue weighted by molar-refractivity contribution is 5.98. The van der Waals surface area contributed by atoms with Crippen LogP contribution in [-0.4, -0.2) is 21.2 Å². The number of hydrogen-bond donors (Lipinski definition) is 2. The van der Waals surface area contributed by atoms with Gasteiger partial charge in [-0.05, 0) is 20.3 Å². The van der Waals surface area contributed by atoms with E-state index in [9.17, 15) is 4.79 Å². The first-order chi connectivity index (χ1) is 6.87. The molecule has 0 bridgehead atoms. The Bertz CT molecular complexity index is 367. The maximum atomic E-state index is 11.8. The van der Waals surface area contributed by atoms with Crippen molar-refractivity contribution in [2.45, 2.75) is 32.7 Å². The fourth-order valence-electron chi connectivity index (χ4n) is 1.09. The fraction of sp³-hybridized carbons (Fsp3) is 0.600. The second-order valence-corrected chi connectivity index (χ2v) is 4.26. The van der Waals surface area contributed by atoms with Gasteiger partial charge in [-0.3, -0.25) is 9.48 Å². The van der Waals surface area contributed by atoms with E-state index in [1.54, 1.807) is 7.05 Å². The van der Waals surface area contributed by atoms with E-state index in [-0.39, 0.29) is 11.4 Å². The van der Waals surface area contributed by atoms with Crippen LogP contribution in [0.4, 0.5) is 5.82 Å². The third kappa shape index (κ3) is 2.49. The van der Waals surface area contributed by atoms with Gasteiger partial charge in [0.15, 0.2) is 0 Å². The molecule has 84 valence electrons. The van der Waals surface area contributed by atoms with Crippen molar-refractivity contribution in [3.63, 3.8) is 0 Å². The van der Waals surface area contributed by atoms with E-state index in [1.807, 2.05) is 20.8 Å². The average molecular weight is 210 g/mol. The van der Waals surface area contributed by atoms with Crippen LogP contribution >= 0.6 is 0 Å². The van der Waals surface area contributed by atoms with Crippen molar-refractivity contribution in [2.24, 2.45) is 7.05 Å². The summed E-state index contributed by atoms with van der Waals surface area (Å²) in [5.41, 5.74) is 5.91. The van der Waals surface area contributed by atoms with E-state index in [1.165, 1.54) is 10.9 Å². The minimum absolute atomic E-state index is 0.174. The molecule has 0 spiro atoms. The number of rotatable bonds is 3. The molecule has 3 N–H and O–H groups in total. The van der Waals surface area contributed by atoms with E-state index in [0.29, 0.717) is 11.4 Å². The van der Waals surface area contributed by atoms with Crippen LogP contribution in [0.5, 0.6) is 0 Å². The topological polar surface area (TPSA) is 72.9 Å². The molecule has 5 nitrogen and oxygen atoms in total. The second kappa shape index (κ2) is 3.92. The number of nitrogens with two attached hydrogens (primary N) is 1. The van der Waals surface area contributed by atoms with Gasteiger partial charge in [-0.15, -0.1) is 0 Å². The SMILES string of the molecule is CCC(C)(C)NC(=O)c1cnn(C)c1N. The number of carbonyl (C=O) groups excluding carboxylic acids is 1. The van der Waals surface area contributed by atoms with E-state index in [0.717, 1.165) is 6.42 Å². The number of anilines is 1. The van der Waals surface area contributed by atoms with Crippen LogP contribution in [0.2, 0.25) is 0 Å². The minimum atomic E-state index is -0.223. The number of carbonyl (C=O) groups is 1. The maximum Gasteiger partial charge on any atom is 0.257 e. The molecule has 0 aromatic carbocycles. The van der Waals surface area contributed by atoms with Crippen LogP contribution in [0.3, 0.4) is 0 Å². The lowest BCUT2D eigenvalue weighted by atomic mass is 10.0. The molecule has 0 aliphatic rings. The van der Waals surface area contributed by atoms with E-state index < -0.39 is 0 Å². The molecular formula is C10H18N4O. The molecule has 1 amide bonds. The highest BCUT2D eigenvalue weighted by Gasteiger charge is 2.21. The molecule has 0 radical (unpaired) electrons. The fourth-order valence-corrected chi connectivity index (χ4v) is 1.09. The Labute approximate surface area is 89.6 Å². The largest absolute Gasteiger partial charge is 0.383 e.